The molecule has 1 atom stereocenters. The maximum atomic E-state index is 13.1. The number of benzene rings is 1. The van der Waals surface area contributed by atoms with E-state index in [2.05, 4.69) is 20.3 Å². The lowest BCUT2D eigenvalue weighted by molar-refractivity contribution is 0.0662. The number of para-hydroxylation sites is 1. The Labute approximate surface area is 139 Å². The van der Waals surface area contributed by atoms with Crippen LogP contribution in [0.4, 0.5) is 5.69 Å². The Morgan fingerprint density at radius 2 is 2.08 bits per heavy atom. The summed E-state index contributed by atoms with van der Waals surface area (Å²) in [7, 11) is 0. The summed E-state index contributed by atoms with van der Waals surface area (Å²) in [4.78, 5) is 26.5. The molecule has 24 heavy (non-hydrogen) atoms. The third kappa shape index (κ3) is 2.42. The van der Waals surface area contributed by atoms with Gasteiger partial charge in [-0.25, -0.2) is 4.98 Å². The lowest BCUT2D eigenvalue weighted by atomic mass is 10.0. The number of fused-ring (bicyclic) bond motifs is 1. The van der Waals surface area contributed by atoms with E-state index in [0.29, 0.717) is 12.1 Å². The molecule has 0 unspecified atom stereocenters. The van der Waals surface area contributed by atoms with E-state index in [9.17, 15) is 4.79 Å². The lowest BCUT2D eigenvalue weighted by Gasteiger charge is -2.37. The summed E-state index contributed by atoms with van der Waals surface area (Å²) in [6, 6.07) is 11.4. The van der Waals surface area contributed by atoms with Crippen LogP contribution >= 0.6 is 0 Å². The van der Waals surface area contributed by atoms with Gasteiger partial charge in [0, 0.05) is 30.3 Å². The molecule has 4 rings (SSSR count). The van der Waals surface area contributed by atoms with Crippen molar-refractivity contribution in [1.82, 2.24) is 19.9 Å². The SMILES string of the molecule is Cc1[nH]cnc1[C@@H]1Nc2ccccc2C(=O)N1Cc1cccnc1. The standard InChI is InChI=1S/C18H17N5O/c1-12-16(21-11-20-12)17-22-15-7-3-2-6-14(15)18(24)23(17)10-13-5-4-8-19-9-13/h2-9,11,17,22H,10H2,1H3,(H,20,21)/t17-/m1/s1. The number of imidazole rings is 1. The first-order valence-corrected chi connectivity index (χ1v) is 7.79. The summed E-state index contributed by atoms with van der Waals surface area (Å²) in [5.74, 6) is -0.0133. The largest absolute Gasteiger partial charge is 0.359 e. The molecule has 2 aromatic heterocycles. The number of anilines is 1. The van der Waals surface area contributed by atoms with Gasteiger partial charge in [0.15, 0.2) is 0 Å². The number of pyridine rings is 1. The van der Waals surface area contributed by atoms with E-state index in [-0.39, 0.29) is 12.1 Å². The van der Waals surface area contributed by atoms with Gasteiger partial charge in [-0.05, 0) is 30.7 Å². The Kier molecular flexibility index (Phi) is 3.49. The summed E-state index contributed by atoms with van der Waals surface area (Å²) < 4.78 is 0. The Balaban J connectivity index is 1.77. The number of nitrogens with zero attached hydrogens (tertiary/aromatic N) is 3. The third-order valence-electron chi connectivity index (χ3n) is 4.23. The molecule has 6 heteroatoms. The van der Waals surface area contributed by atoms with Gasteiger partial charge in [-0.1, -0.05) is 18.2 Å². The Bertz CT molecular complexity index is 874. The van der Waals surface area contributed by atoms with Crippen LogP contribution < -0.4 is 5.32 Å². The number of aryl methyl sites for hydroxylation is 1. The molecular formula is C18H17N5O. The van der Waals surface area contributed by atoms with Crippen molar-refractivity contribution in [3.05, 3.63) is 77.6 Å². The zero-order valence-electron chi connectivity index (χ0n) is 13.2. The van der Waals surface area contributed by atoms with Crippen molar-refractivity contribution in [3.63, 3.8) is 0 Å². The number of aromatic amines is 1. The second-order valence-corrected chi connectivity index (χ2v) is 5.80. The molecular weight excluding hydrogens is 302 g/mol. The van der Waals surface area contributed by atoms with E-state index in [1.54, 1.807) is 23.6 Å². The highest BCUT2D eigenvalue weighted by molar-refractivity contribution is 6.01. The Morgan fingerprint density at radius 3 is 2.83 bits per heavy atom. The van der Waals surface area contributed by atoms with Crippen molar-refractivity contribution < 1.29 is 4.79 Å². The van der Waals surface area contributed by atoms with E-state index in [1.165, 1.54) is 0 Å². The van der Waals surface area contributed by atoms with Crippen LogP contribution in [-0.4, -0.2) is 25.8 Å². The summed E-state index contributed by atoms with van der Waals surface area (Å²) in [5.41, 5.74) is 4.24. The minimum atomic E-state index is -0.321. The highest BCUT2D eigenvalue weighted by Crippen LogP contribution is 2.34. The molecule has 2 N–H and O–H groups in total. The van der Waals surface area contributed by atoms with Gasteiger partial charge in [-0.2, -0.15) is 0 Å². The first kappa shape index (κ1) is 14.4. The van der Waals surface area contributed by atoms with E-state index < -0.39 is 0 Å². The molecule has 1 aliphatic rings. The highest BCUT2D eigenvalue weighted by Gasteiger charge is 2.34. The van der Waals surface area contributed by atoms with Crippen LogP contribution in [-0.2, 0) is 6.54 Å². The van der Waals surface area contributed by atoms with Gasteiger partial charge < -0.3 is 15.2 Å². The topological polar surface area (TPSA) is 73.9 Å². The molecule has 1 aliphatic heterocycles. The highest BCUT2D eigenvalue weighted by atomic mass is 16.2. The van der Waals surface area contributed by atoms with Gasteiger partial charge >= 0.3 is 0 Å². The van der Waals surface area contributed by atoms with Crippen molar-refractivity contribution in [3.8, 4) is 0 Å². The summed E-state index contributed by atoms with van der Waals surface area (Å²) >= 11 is 0. The first-order valence-electron chi connectivity index (χ1n) is 7.79. The molecule has 0 aliphatic carbocycles. The smallest absolute Gasteiger partial charge is 0.258 e. The molecule has 0 fully saturated rings. The predicted molar refractivity (Wildman–Crippen MR) is 90.2 cm³/mol. The van der Waals surface area contributed by atoms with Crippen molar-refractivity contribution >= 4 is 11.6 Å². The second kappa shape index (κ2) is 5.81. The van der Waals surface area contributed by atoms with Gasteiger partial charge in [0.05, 0.1) is 11.9 Å². The normalized spacial score (nSPS) is 16.6. The molecule has 0 spiro atoms. The lowest BCUT2D eigenvalue weighted by Crippen LogP contribution is -2.42. The molecule has 3 heterocycles. The fraction of sp³-hybridized carbons (Fsp3) is 0.167. The molecule has 0 saturated carbocycles. The fourth-order valence-corrected chi connectivity index (χ4v) is 3.01. The van der Waals surface area contributed by atoms with E-state index >= 15 is 0 Å². The van der Waals surface area contributed by atoms with Crippen LogP contribution in [0.3, 0.4) is 0 Å². The van der Waals surface area contributed by atoms with E-state index in [1.807, 2.05) is 43.3 Å². The average molecular weight is 319 g/mol. The number of H-pyrrole nitrogens is 1. The van der Waals surface area contributed by atoms with Crippen LogP contribution in [0.5, 0.6) is 0 Å². The number of carbonyl (C=O) groups is 1. The monoisotopic (exact) mass is 319 g/mol. The van der Waals surface area contributed by atoms with Crippen molar-refractivity contribution in [2.45, 2.75) is 19.6 Å². The number of hydrogen-bond acceptors (Lipinski definition) is 4. The first-order chi connectivity index (χ1) is 11.7. The van der Waals surface area contributed by atoms with Gasteiger partial charge in [0.25, 0.3) is 5.91 Å². The average Bonchev–Trinajstić information content (AvgIpc) is 3.04. The van der Waals surface area contributed by atoms with Gasteiger partial charge in [0.2, 0.25) is 0 Å². The molecule has 0 saturated heterocycles. The number of nitrogens with one attached hydrogen (secondary N) is 2. The van der Waals surface area contributed by atoms with E-state index in [4.69, 9.17) is 0 Å². The maximum Gasteiger partial charge on any atom is 0.258 e. The molecule has 3 aromatic rings. The van der Waals surface area contributed by atoms with Crippen LogP contribution in [0.25, 0.3) is 0 Å². The summed E-state index contributed by atoms with van der Waals surface area (Å²) in [5, 5.41) is 3.44. The minimum Gasteiger partial charge on any atom is -0.359 e. The number of amides is 1. The van der Waals surface area contributed by atoms with Crippen molar-refractivity contribution in [2.24, 2.45) is 0 Å². The molecule has 1 aromatic carbocycles. The van der Waals surface area contributed by atoms with E-state index in [0.717, 1.165) is 22.6 Å². The molecule has 1 amide bonds. The molecule has 0 bridgehead atoms. The zero-order chi connectivity index (χ0) is 16.5. The number of rotatable bonds is 3. The molecule has 0 radical (unpaired) electrons. The molecule has 120 valence electrons. The minimum absolute atomic E-state index is 0.0133. The van der Waals surface area contributed by atoms with Crippen LogP contribution in [0.2, 0.25) is 0 Å². The number of hydrogen-bond donors (Lipinski definition) is 2. The van der Waals surface area contributed by atoms with Gasteiger partial charge in [0.1, 0.15) is 11.9 Å². The van der Waals surface area contributed by atoms with Gasteiger partial charge in [-0.15, -0.1) is 0 Å². The van der Waals surface area contributed by atoms with Crippen molar-refractivity contribution in [2.75, 3.05) is 5.32 Å². The van der Waals surface area contributed by atoms with Crippen LogP contribution in [0.1, 0.15) is 33.5 Å². The van der Waals surface area contributed by atoms with Gasteiger partial charge in [-0.3, -0.25) is 9.78 Å². The predicted octanol–water partition coefficient (Wildman–Crippen LogP) is 2.88. The van der Waals surface area contributed by atoms with Crippen LogP contribution in [0, 0.1) is 6.92 Å². The Morgan fingerprint density at radius 1 is 1.21 bits per heavy atom. The Hall–Kier alpha value is -3.15. The third-order valence-corrected chi connectivity index (χ3v) is 4.23. The van der Waals surface area contributed by atoms with Crippen LogP contribution in [0.15, 0.2) is 55.1 Å². The van der Waals surface area contributed by atoms with Crippen molar-refractivity contribution in [1.29, 1.82) is 0 Å². The second-order valence-electron chi connectivity index (χ2n) is 5.80. The quantitative estimate of drug-likeness (QED) is 0.778. The number of carbonyl (C=O) groups excluding carboxylic acids is 1. The zero-order valence-corrected chi connectivity index (χ0v) is 13.2. The summed E-state index contributed by atoms with van der Waals surface area (Å²) in [6.45, 7) is 2.42. The fourth-order valence-electron chi connectivity index (χ4n) is 3.01. The maximum absolute atomic E-state index is 13.1. The number of aromatic nitrogens is 3. The molecule has 6 nitrogen and oxygen atoms in total. The summed E-state index contributed by atoms with van der Waals surface area (Å²) in [6.07, 6.45) is 4.84.